The SMILES string of the molecule is CCN(C(=O)c1ccc(OCC(=O)N2C(C)CCCC2C)cc1)c1ccc(F)c(F)c1. The van der Waals surface area contributed by atoms with Gasteiger partial charge >= 0.3 is 0 Å². The zero-order chi connectivity index (χ0) is 22.5. The summed E-state index contributed by atoms with van der Waals surface area (Å²) >= 11 is 0. The Morgan fingerprint density at radius 3 is 2.26 bits per heavy atom. The normalized spacial score (nSPS) is 18.5. The molecule has 0 saturated carbocycles. The molecule has 2 aromatic rings. The fraction of sp³-hybridized carbons (Fsp3) is 0.417. The van der Waals surface area contributed by atoms with Gasteiger partial charge in [0.25, 0.3) is 11.8 Å². The lowest BCUT2D eigenvalue weighted by molar-refractivity contribution is -0.139. The van der Waals surface area contributed by atoms with Gasteiger partial charge in [0, 0.05) is 35.9 Å². The molecule has 0 aliphatic carbocycles. The number of nitrogens with zero attached hydrogens (tertiary/aromatic N) is 2. The van der Waals surface area contributed by atoms with E-state index in [9.17, 15) is 18.4 Å². The molecule has 0 spiro atoms. The first-order valence-corrected chi connectivity index (χ1v) is 10.6. The predicted molar refractivity (Wildman–Crippen MR) is 115 cm³/mol. The largest absolute Gasteiger partial charge is 0.484 e. The molecule has 0 bridgehead atoms. The molecule has 1 heterocycles. The summed E-state index contributed by atoms with van der Waals surface area (Å²) in [5, 5.41) is 0. The van der Waals surface area contributed by atoms with E-state index in [1.165, 1.54) is 11.0 Å². The van der Waals surface area contributed by atoms with Crippen molar-refractivity contribution in [2.24, 2.45) is 0 Å². The van der Waals surface area contributed by atoms with Crippen molar-refractivity contribution in [3.8, 4) is 5.75 Å². The maximum absolute atomic E-state index is 13.6. The molecule has 1 saturated heterocycles. The van der Waals surface area contributed by atoms with Gasteiger partial charge in [0.05, 0.1) is 0 Å². The van der Waals surface area contributed by atoms with E-state index in [-0.39, 0.29) is 36.2 Å². The fourth-order valence-electron chi connectivity index (χ4n) is 4.08. The number of piperidine rings is 1. The topological polar surface area (TPSA) is 49.9 Å². The molecule has 2 unspecified atom stereocenters. The second kappa shape index (κ2) is 9.90. The molecule has 166 valence electrons. The Bertz CT molecular complexity index is 923. The van der Waals surface area contributed by atoms with Crippen molar-refractivity contribution in [3.05, 3.63) is 59.7 Å². The van der Waals surface area contributed by atoms with E-state index in [1.54, 1.807) is 31.2 Å². The highest BCUT2D eigenvalue weighted by molar-refractivity contribution is 6.06. The van der Waals surface area contributed by atoms with Crippen molar-refractivity contribution in [1.82, 2.24) is 4.90 Å². The lowest BCUT2D eigenvalue weighted by atomic mass is 9.97. The third-order valence-corrected chi connectivity index (χ3v) is 5.72. The molecule has 7 heteroatoms. The molecule has 2 aromatic carbocycles. The molecule has 0 N–H and O–H groups in total. The quantitative estimate of drug-likeness (QED) is 0.662. The Hall–Kier alpha value is -2.96. The van der Waals surface area contributed by atoms with Crippen LogP contribution in [0.1, 0.15) is 50.4 Å². The van der Waals surface area contributed by atoms with Gasteiger partial charge < -0.3 is 14.5 Å². The van der Waals surface area contributed by atoms with Crippen molar-refractivity contribution < 1.29 is 23.1 Å². The molecule has 1 aliphatic rings. The average Bonchev–Trinajstić information content (AvgIpc) is 2.75. The molecule has 0 aromatic heterocycles. The van der Waals surface area contributed by atoms with Crippen LogP contribution in [-0.2, 0) is 4.79 Å². The summed E-state index contributed by atoms with van der Waals surface area (Å²) in [5.74, 6) is -1.87. The van der Waals surface area contributed by atoms with Crippen LogP contribution < -0.4 is 9.64 Å². The molecule has 1 aliphatic heterocycles. The summed E-state index contributed by atoms with van der Waals surface area (Å²) in [5.41, 5.74) is 0.658. The second-order valence-corrected chi connectivity index (χ2v) is 7.89. The van der Waals surface area contributed by atoms with Gasteiger partial charge in [-0.15, -0.1) is 0 Å². The summed E-state index contributed by atoms with van der Waals surface area (Å²) in [4.78, 5) is 28.7. The van der Waals surface area contributed by atoms with E-state index >= 15 is 0 Å². The van der Waals surface area contributed by atoms with Crippen LogP contribution in [0.2, 0.25) is 0 Å². The maximum atomic E-state index is 13.6. The molecule has 3 rings (SSSR count). The average molecular weight is 430 g/mol. The zero-order valence-corrected chi connectivity index (χ0v) is 18.1. The Morgan fingerprint density at radius 1 is 1.03 bits per heavy atom. The summed E-state index contributed by atoms with van der Waals surface area (Å²) < 4.78 is 32.4. The summed E-state index contributed by atoms with van der Waals surface area (Å²) in [7, 11) is 0. The van der Waals surface area contributed by atoms with Crippen LogP contribution in [0.15, 0.2) is 42.5 Å². The van der Waals surface area contributed by atoms with E-state index in [0.717, 1.165) is 31.4 Å². The van der Waals surface area contributed by atoms with E-state index < -0.39 is 11.6 Å². The Kier molecular flexibility index (Phi) is 7.25. The number of anilines is 1. The minimum atomic E-state index is -1.01. The van der Waals surface area contributed by atoms with Crippen LogP contribution in [0.5, 0.6) is 5.75 Å². The summed E-state index contributed by atoms with van der Waals surface area (Å²) in [6.07, 6.45) is 3.12. The number of rotatable bonds is 6. The van der Waals surface area contributed by atoms with Crippen molar-refractivity contribution in [2.45, 2.75) is 52.1 Å². The Labute approximate surface area is 181 Å². The van der Waals surface area contributed by atoms with Crippen molar-refractivity contribution >= 4 is 17.5 Å². The number of carbonyl (C=O) groups is 2. The van der Waals surface area contributed by atoms with Crippen molar-refractivity contribution in [3.63, 3.8) is 0 Å². The first kappa shape index (κ1) is 22.7. The smallest absolute Gasteiger partial charge is 0.260 e. The number of likely N-dealkylation sites (tertiary alicyclic amines) is 1. The minimum Gasteiger partial charge on any atom is -0.484 e. The van der Waals surface area contributed by atoms with Crippen molar-refractivity contribution in [2.75, 3.05) is 18.1 Å². The van der Waals surface area contributed by atoms with Gasteiger partial charge in [0.1, 0.15) is 5.75 Å². The highest BCUT2D eigenvalue weighted by atomic mass is 19.2. The van der Waals surface area contributed by atoms with Crippen LogP contribution in [0.4, 0.5) is 14.5 Å². The number of hydrogen-bond donors (Lipinski definition) is 0. The first-order valence-electron chi connectivity index (χ1n) is 10.6. The number of carbonyl (C=O) groups excluding carboxylic acids is 2. The van der Waals surface area contributed by atoms with Gasteiger partial charge in [-0.2, -0.15) is 0 Å². The third-order valence-electron chi connectivity index (χ3n) is 5.72. The summed E-state index contributed by atoms with van der Waals surface area (Å²) in [6.45, 7) is 6.10. The van der Waals surface area contributed by atoms with Gasteiger partial charge in [-0.1, -0.05) is 0 Å². The highest BCUT2D eigenvalue weighted by Gasteiger charge is 2.29. The fourth-order valence-corrected chi connectivity index (χ4v) is 4.08. The number of benzene rings is 2. The number of halogens is 2. The molecule has 0 radical (unpaired) electrons. The molecule has 31 heavy (non-hydrogen) atoms. The molecular formula is C24H28F2N2O3. The standard InChI is InChI=1S/C24H28F2N2O3/c1-4-27(19-10-13-21(25)22(26)14-19)24(30)18-8-11-20(12-9-18)31-15-23(29)28-16(2)6-5-7-17(28)3/h8-14,16-17H,4-7,15H2,1-3H3. The van der Waals surface area contributed by atoms with E-state index in [2.05, 4.69) is 13.8 Å². The van der Waals surface area contributed by atoms with Crippen LogP contribution in [0, 0.1) is 11.6 Å². The molecule has 1 fully saturated rings. The third kappa shape index (κ3) is 5.21. The lowest BCUT2D eigenvalue weighted by Crippen LogP contribution is -2.49. The lowest BCUT2D eigenvalue weighted by Gasteiger charge is -2.38. The molecule has 2 atom stereocenters. The van der Waals surface area contributed by atoms with Gasteiger partial charge in [-0.3, -0.25) is 9.59 Å². The van der Waals surface area contributed by atoms with Gasteiger partial charge in [0.2, 0.25) is 0 Å². The number of hydrogen-bond acceptors (Lipinski definition) is 3. The van der Waals surface area contributed by atoms with Crippen LogP contribution in [0.3, 0.4) is 0 Å². The van der Waals surface area contributed by atoms with Crippen LogP contribution in [0.25, 0.3) is 0 Å². The van der Waals surface area contributed by atoms with Crippen molar-refractivity contribution in [1.29, 1.82) is 0 Å². The molecular weight excluding hydrogens is 402 g/mol. The Balaban J connectivity index is 1.64. The van der Waals surface area contributed by atoms with E-state index in [4.69, 9.17) is 4.74 Å². The maximum Gasteiger partial charge on any atom is 0.260 e. The van der Waals surface area contributed by atoms with Gasteiger partial charge in [0.15, 0.2) is 18.2 Å². The van der Waals surface area contributed by atoms with Crippen LogP contribution >= 0.6 is 0 Å². The highest BCUT2D eigenvalue weighted by Crippen LogP contribution is 2.24. The zero-order valence-electron chi connectivity index (χ0n) is 18.1. The molecule has 2 amide bonds. The van der Waals surface area contributed by atoms with Gasteiger partial charge in [-0.05, 0) is 76.4 Å². The number of ether oxygens (including phenoxy) is 1. The Morgan fingerprint density at radius 2 is 1.68 bits per heavy atom. The van der Waals surface area contributed by atoms with E-state index in [1.807, 2.05) is 4.90 Å². The summed E-state index contributed by atoms with van der Waals surface area (Å²) in [6, 6.07) is 10.2. The van der Waals surface area contributed by atoms with E-state index in [0.29, 0.717) is 17.9 Å². The van der Waals surface area contributed by atoms with Crippen LogP contribution in [-0.4, -0.2) is 41.9 Å². The second-order valence-electron chi connectivity index (χ2n) is 7.89. The first-order chi connectivity index (χ1) is 14.8. The monoisotopic (exact) mass is 430 g/mol. The predicted octanol–water partition coefficient (Wildman–Crippen LogP) is 4.80. The molecule has 5 nitrogen and oxygen atoms in total. The minimum absolute atomic E-state index is 0.0460. The number of amides is 2. The van der Waals surface area contributed by atoms with Gasteiger partial charge in [-0.25, -0.2) is 8.78 Å².